The van der Waals surface area contributed by atoms with Crippen LogP contribution < -0.4 is 5.73 Å². The summed E-state index contributed by atoms with van der Waals surface area (Å²) >= 11 is 0. The summed E-state index contributed by atoms with van der Waals surface area (Å²) in [4.78, 5) is 16.4. The van der Waals surface area contributed by atoms with Gasteiger partial charge in [-0.2, -0.15) is 0 Å². The first-order valence-electron chi connectivity index (χ1n) is 6.34. The molecular weight excluding hydrogens is 202 g/mol. The molecule has 0 bridgehead atoms. The van der Waals surface area contributed by atoms with Crippen molar-refractivity contribution in [3.8, 4) is 0 Å². The van der Waals surface area contributed by atoms with Gasteiger partial charge in [-0.3, -0.25) is 4.79 Å². The molecule has 0 radical (unpaired) electrons. The van der Waals surface area contributed by atoms with E-state index in [9.17, 15) is 4.79 Å². The monoisotopic (exact) mass is 227 g/mol. The van der Waals surface area contributed by atoms with E-state index in [1.165, 1.54) is 0 Å². The molecular formula is C12H25N3O. The number of hydrogen-bond acceptors (Lipinski definition) is 3. The molecule has 1 heterocycles. The Balaban J connectivity index is 2.71. The van der Waals surface area contributed by atoms with Gasteiger partial charge in [-0.15, -0.1) is 0 Å². The smallest absolute Gasteiger partial charge is 0.239 e. The van der Waals surface area contributed by atoms with Gasteiger partial charge in [0.15, 0.2) is 0 Å². The largest absolute Gasteiger partial charge is 0.337 e. The number of nitrogens with zero attached hydrogens (tertiary/aromatic N) is 2. The van der Waals surface area contributed by atoms with Gasteiger partial charge in [0, 0.05) is 19.1 Å². The third-order valence-electron chi connectivity index (χ3n) is 3.41. The van der Waals surface area contributed by atoms with Gasteiger partial charge in [0.05, 0.1) is 6.04 Å². The fraction of sp³-hybridized carbons (Fsp3) is 0.917. The van der Waals surface area contributed by atoms with Crippen LogP contribution in [0.3, 0.4) is 0 Å². The number of rotatable bonds is 3. The van der Waals surface area contributed by atoms with Crippen LogP contribution in [0.1, 0.15) is 33.1 Å². The van der Waals surface area contributed by atoms with Crippen molar-refractivity contribution in [3.05, 3.63) is 0 Å². The van der Waals surface area contributed by atoms with Crippen LogP contribution in [0.5, 0.6) is 0 Å². The summed E-state index contributed by atoms with van der Waals surface area (Å²) in [5.41, 5.74) is 5.85. The molecule has 0 aromatic heterocycles. The highest BCUT2D eigenvalue weighted by Gasteiger charge is 2.28. The van der Waals surface area contributed by atoms with E-state index in [1.807, 2.05) is 11.8 Å². The first kappa shape index (κ1) is 13.5. The van der Waals surface area contributed by atoms with Crippen LogP contribution in [-0.2, 0) is 4.79 Å². The minimum atomic E-state index is -0.322. The molecule has 4 heteroatoms. The molecule has 0 aromatic rings. The second kappa shape index (κ2) is 6.21. The van der Waals surface area contributed by atoms with E-state index in [2.05, 4.69) is 18.9 Å². The second-order valence-corrected chi connectivity index (χ2v) is 4.72. The predicted molar refractivity (Wildman–Crippen MR) is 66.2 cm³/mol. The van der Waals surface area contributed by atoms with Gasteiger partial charge >= 0.3 is 0 Å². The number of hydrogen-bond donors (Lipinski definition) is 1. The number of likely N-dealkylation sites (N-methyl/N-ethyl adjacent to an activating group) is 1. The van der Waals surface area contributed by atoms with E-state index in [-0.39, 0.29) is 11.9 Å². The topological polar surface area (TPSA) is 49.6 Å². The highest BCUT2D eigenvalue weighted by Crippen LogP contribution is 2.13. The SMILES string of the molecule is CCC(N)C(=O)N1CCCN(C)CC1CC. The fourth-order valence-electron chi connectivity index (χ4n) is 2.27. The summed E-state index contributed by atoms with van der Waals surface area (Å²) in [5, 5.41) is 0. The Labute approximate surface area is 98.8 Å². The van der Waals surface area contributed by atoms with E-state index < -0.39 is 0 Å². The lowest BCUT2D eigenvalue weighted by Crippen LogP contribution is -2.50. The third kappa shape index (κ3) is 3.19. The Morgan fingerprint density at radius 1 is 1.44 bits per heavy atom. The summed E-state index contributed by atoms with van der Waals surface area (Å²) < 4.78 is 0. The number of amides is 1. The quantitative estimate of drug-likeness (QED) is 0.771. The van der Waals surface area contributed by atoms with Gasteiger partial charge in [0.1, 0.15) is 0 Å². The van der Waals surface area contributed by atoms with Crippen LogP contribution in [-0.4, -0.2) is 54.5 Å². The molecule has 1 rings (SSSR count). The zero-order chi connectivity index (χ0) is 12.1. The Bertz CT molecular complexity index is 232. The molecule has 0 saturated carbocycles. The summed E-state index contributed by atoms with van der Waals surface area (Å²) in [7, 11) is 2.12. The third-order valence-corrected chi connectivity index (χ3v) is 3.41. The molecule has 1 fully saturated rings. The van der Waals surface area contributed by atoms with Crippen molar-refractivity contribution in [3.63, 3.8) is 0 Å². The molecule has 94 valence electrons. The van der Waals surface area contributed by atoms with E-state index in [0.29, 0.717) is 6.04 Å². The summed E-state index contributed by atoms with van der Waals surface area (Å²) in [5.74, 6) is 0.129. The molecule has 0 aliphatic carbocycles. The summed E-state index contributed by atoms with van der Waals surface area (Å²) in [6.45, 7) is 7.00. The van der Waals surface area contributed by atoms with Crippen LogP contribution in [0.25, 0.3) is 0 Å². The van der Waals surface area contributed by atoms with E-state index in [4.69, 9.17) is 5.73 Å². The molecule has 16 heavy (non-hydrogen) atoms. The van der Waals surface area contributed by atoms with Crippen LogP contribution >= 0.6 is 0 Å². The average Bonchev–Trinajstić information content (AvgIpc) is 2.48. The van der Waals surface area contributed by atoms with Gasteiger partial charge in [-0.25, -0.2) is 0 Å². The highest BCUT2D eigenvalue weighted by molar-refractivity contribution is 5.81. The van der Waals surface area contributed by atoms with Gasteiger partial charge in [0.25, 0.3) is 0 Å². The Kier molecular flexibility index (Phi) is 5.22. The second-order valence-electron chi connectivity index (χ2n) is 4.72. The summed E-state index contributed by atoms with van der Waals surface area (Å²) in [6.07, 6.45) is 2.78. The zero-order valence-corrected chi connectivity index (χ0v) is 10.8. The first-order valence-corrected chi connectivity index (χ1v) is 6.34. The van der Waals surface area contributed by atoms with Crippen LogP contribution in [0, 0.1) is 0 Å². The van der Waals surface area contributed by atoms with Crippen molar-refractivity contribution in [2.45, 2.75) is 45.2 Å². The maximum atomic E-state index is 12.1. The lowest BCUT2D eigenvalue weighted by atomic mass is 10.1. The van der Waals surface area contributed by atoms with E-state index >= 15 is 0 Å². The van der Waals surface area contributed by atoms with Gasteiger partial charge in [-0.1, -0.05) is 13.8 Å². The van der Waals surface area contributed by atoms with Crippen molar-refractivity contribution in [1.29, 1.82) is 0 Å². The Hall–Kier alpha value is -0.610. The minimum Gasteiger partial charge on any atom is -0.337 e. The zero-order valence-electron chi connectivity index (χ0n) is 10.8. The molecule has 1 amide bonds. The minimum absolute atomic E-state index is 0.129. The molecule has 0 aromatic carbocycles. The van der Waals surface area contributed by atoms with Crippen LogP contribution in [0.2, 0.25) is 0 Å². The van der Waals surface area contributed by atoms with Gasteiger partial charge in [0.2, 0.25) is 5.91 Å². The lowest BCUT2D eigenvalue weighted by Gasteiger charge is -2.32. The number of carbonyl (C=O) groups is 1. The van der Waals surface area contributed by atoms with Crippen molar-refractivity contribution >= 4 is 5.91 Å². The Morgan fingerprint density at radius 3 is 2.69 bits per heavy atom. The number of carbonyl (C=O) groups excluding carboxylic acids is 1. The maximum absolute atomic E-state index is 12.1. The highest BCUT2D eigenvalue weighted by atomic mass is 16.2. The Morgan fingerprint density at radius 2 is 2.12 bits per heavy atom. The van der Waals surface area contributed by atoms with Crippen molar-refractivity contribution in [2.75, 3.05) is 26.7 Å². The summed E-state index contributed by atoms with van der Waals surface area (Å²) in [6, 6.07) is 0.00931. The van der Waals surface area contributed by atoms with E-state index in [1.54, 1.807) is 0 Å². The number of nitrogens with two attached hydrogens (primary N) is 1. The average molecular weight is 227 g/mol. The van der Waals surface area contributed by atoms with Crippen molar-refractivity contribution in [2.24, 2.45) is 5.73 Å². The van der Waals surface area contributed by atoms with Crippen molar-refractivity contribution < 1.29 is 4.79 Å². The molecule has 1 aliphatic heterocycles. The lowest BCUT2D eigenvalue weighted by molar-refractivity contribution is -0.134. The van der Waals surface area contributed by atoms with Crippen LogP contribution in [0.4, 0.5) is 0 Å². The molecule has 2 unspecified atom stereocenters. The predicted octanol–water partition coefficient (Wildman–Crippen LogP) is 0.666. The molecule has 0 spiro atoms. The maximum Gasteiger partial charge on any atom is 0.239 e. The van der Waals surface area contributed by atoms with E-state index in [0.717, 1.165) is 38.9 Å². The molecule has 2 atom stereocenters. The normalized spacial score (nSPS) is 25.2. The van der Waals surface area contributed by atoms with Crippen molar-refractivity contribution in [1.82, 2.24) is 9.80 Å². The molecule has 1 saturated heterocycles. The first-order chi connectivity index (χ1) is 7.60. The fourth-order valence-corrected chi connectivity index (χ4v) is 2.27. The molecule has 1 aliphatic rings. The van der Waals surface area contributed by atoms with Crippen LogP contribution in [0.15, 0.2) is 0 Å². The molecule has 4 nitrogen and oxygen atoms in total. The van der Waals surface area contributed by atoms with Gasteiger partial charge < -0.3 is 15.5 Å². The molecule has 2 N–H and O–H groups in total. The van der Waals surface area contributed by atoms with Gasteiger partial charge in [-0.05, 0) is 32.9 Å². The standard InChI is InChI=1S/C12H25N3O/c1-4-10-9-14(3)7-6-8-15(10)12(16)11(13)5-2/h10-11H,4-9,13H2,1-3H3.